The van der Waals surface area contributed by atoms with Crippen LogP contribution in [0.3, 0.4) is 0 Å². The van der Waals surface area contributed by atoms with Gasteiger partial charge in [-0.3, -0.25) is 0 Å². The topological polar surface area (TPSA) is 69.6 Å². The van der Waals surface area contributed by atoms with Crippen molar-refractivity contribution < 1.29 is 14.4 Å². The molecule has 0 saturated heterocycles. The summed E-state index contributed by atoms with van der Waals surface area (Å²) < 4.78 is 10.2. The molecule has 67 valence electrons. The van der Waals surface area contributed by atoms with E-state index in [-0.39, 0.29) is 0 Å². The van der Waals surface area contributed by atoms with Gasteiger partial charge < -0.3 is 9.79 Å². The largest absolute Gasteiger partial charge is 0.400 e. The third kappa shape index (κ3) is 10.1. The van der Waals surface area contributed by atoms with Gasteiger partial charge >= 0.3 is 7.75 Å². The summed E-state index contributed by atoms with van der Waals surface area (Å²) in [6.07, 6.45) is 3.66. The molecule has 0 aromatic carbocycles. The molecule has 0 rings (SSSR count). The zero-order chi connectivity index (χ0) is 8.74. The summed E-state index contributed by atoms with van der Waals surface area (Å²) in [6, 6.07) is 0. The van der Waals surface area contributed by atoms with Gasteiger partial charge in [-0.05, 0) is 6.42 Å². The Balaban J connectivity index is 3.09. The van der Waals surface area contributed by atoms with E-state index in [1.807, 2.05) is 0 Å². The highest BCUT2D eigenvalue weighted by Gasteiger charge is 2.09. The van der Waals surface area contributed by atoms with Crippen LogP contribution in [0.1, 0.15) is 25.7 Å². The van der Waals surface area contributed by atoms with Gasteiger partial charge in [-0.25, -0.2) is 9.65 Å². The molecule has 0 bridgehead atoms. The highest BCUT2D eigenvalue weighted by Crippen LogP contribution is 2.27. The lowest BCUT2D eigenvalue weighted by atomic mass is 10.2. The van der Waals surface area contributed by atoms with E-state index in [4.69, 9.17) is 9.79 Å². The molecule has 0 fully saturated rings. The first-order valence-electron chi connectivity index (χ1n) is 3.66. The van der Waals surface area contributed by atoms with Gasteiger partial charge in [-0.15, -0.1) is 0 Å². The van der Waals surface area contributed by atoms with Crippen LogP contribution in [0, 0.1) is 6.92 Å². The van der Waals surface area contributed by atoms with Crippen molar-refractivity contribution in [2.75, 3.05) is 6.54 Å². The van der Waals surface area contributed by atoms with E-state index in [0.29, 0.717) is 6.54 Å². The Labute approximate surface area is 67.2 Å². The molecule has 0 saturated carbocycles. The van der Waals surface area contributed by atoms with Gasteiger partial charge in [0.05, 0.1) is 0 Å². The fourth-order valence-electron chi connectivity index (χ4n) is 0.703. The van der Waals surface area contributed by atoms with Crippen molar-refractivity contribution in [2.45, 2.75) is 25.7 Å². The summed E-state index contributed by atoms with van der Waals surface area (Å²) in [4.78, 5) is 16.7. The first-order valence-corrected chi connectivity index (χ1v) is 5.27. The third-order valence-corrected chi connectivity index (χ3v) is 1.88. The number of unbranched alkanes of at least 4 members (excludes halogenated alkanes) is 3. The van der Waals surface area contributed by atoms with E-state index in [2.05, 4.69) is 12.0 Å². The van der Waals surface area contributed by atoms with Crippen molar-refractivity contribution in [3.63, 3.8) is 0 Å². The highest BCUT2D eigenvalue weighted by atomic mass is 31.2. The van der Waals surface area contributed by atoms with E-state index in [1.54, 1.807) is 0 Å². The molecule has 4 nitrogen and oxygen atoms in total. The molecule has 0 atom stereocenters. The molecule has 0 heterocycles. The molecule has 11 heavy (non-hydrogen) atoms. The van der Waals surface area contributed by atoms with E-state index < -0.39 is 7.75 Å². The van der Waals surface area contributed by atoms with Crippen LogP contribution >= 0.6 is 7.75 Å². The van der Waals surface area contributed by atoms with E-state index in [1.165, 1.54) is 0 Å². The van der Waals surface area contributed by atoms with Crippen LogP contribution in [0.4, 0.5) is 0 Å². The Morgan fingerprint density at radius 1 is 1.27 bits per heavy atom. The summed E-state index contributed by atoms with van der Waals surface area (Å²) >= 11 is 0. The summed E-state index contributed by atoms with van der Waals surface area (Å²) in [5.41, 5.74) is 0. The fourth-order valence-corrected chi connectivity index (χ4v) is 1.15. The molecule has 0 aromatic heterocycles. The monoisotopic (exact) mass is 180 g/mol. The number of hydrogen-bond donors (Lipinski definition) is 3. The fraction of sp³-hybridized carbons (Fsp3) is 0.833. The van der Waals surface area contributed by atoms with Crippen molar-refractivity contribution in [1.82, 2.24) is 5.09 Å². The van der Waals surface area contributed by atoms with E-state index in [9.17, 15) is 4.57 Å². The van der Waals surface area contributed by atoms with Gasteiger partial charge in [0.1, 0.15) is 0 Å². The third-order valence-electron chi connectivity index (χ3n) is 1.24. The molecule has 1 radical (unpaired) electrons. The van der Waals surface area contributed by atoms with Gasteiger partial charge in [0, 0.05) is 6.54 Å². The van der Waals surface area contributed by atoms with Gasteiger partial charge in [0.2, 0.25) is 0 Å². The van der Waals surface area contributed by atoms with E-state index in [0.717, 1.165) is 25.7 Å². The highest BCUT2D eigenvalue weighted by molar-refractivity contribution is 7.49. The molecule has 5 heteroatoms. The van der Waals surface area contributed by atoms with Crippen LogP contribution in [0.25, 0.3) is 0 Å². The van der Waals surface area contributed by atoms with Gasteiger partial charge in [-0.2, -0.15) is 0 Å². The SMILES string of the molecule is [CH2]CCCCCNP(=O)(O)O. The molecule has 0 amide bonds. The lowest BCUT2D eigenvalue weighted by molar-refractivity contribution is 0.356. The predicted molar refractivity (Wildman–Crippen MR) is 43.9 cm³/mol. The first-order chi connectivity index (χ1) is 5.06. The average Bonchev–Trinajstić information content (AvgIpc) is 1.85. The van der Waals surface area contributed by atoms with Crippen LogP contribution < -0.4 is 5.09 Å². The smallest absolute Gasteiger partial charge is 0.313 e. The zero-order valence-corrected chi connectivity index (χ0v) is 7.39. The minimum absolute atomic E-state index is 0.379. The lowest BCUT2D eigenvalue weighted by Crippen LogP contribution is -2.10. The van der Waals surface area contributed by atoms with Crippen LogP contribution in [-0.4, -0.2) is 16.3 Å². The number of rotatable bonds is 6. The summed E-state index contributed by atoms with van der Waals surface area (Å²) in [6.45, 7) is 4.04. The molecule has 0 unspecified atom stereocenters. The minimum atomic E-state index is -3.98. The second-order valence-electron chi connectivity index (χ2n) is 2.37. The standard InChI is InChI=1S/C6H15NO3P/c1-2-3-4-5-6-7-11(8,9)10/h1-6H2,(H3,7,8,9,10). The maximum Gasteiger partial charge on any atom is 0.400 e. The second-order valence-corrected chi connectivity index (χ2v) is 3.77. The Morgan fingerprint density at radius 2 is 1.91 bits per heavy atom. The van der Waals surface area contributed by atoms with Gasteiger partial charge in [0.15, 0.2) is 0 Å². The maximum absolute atomic E-state index is 10.2. The van der Waals surface area contributed by atoms with E-state index >= 15 is 0 Å². The Bertz CT molecular complexity index is 134. The number of nitrogens with one attached hydrogen (secondary N) is 1. The van der Waals surface area contributed by atoms with Crippen molar-refractivity contribution >= 4 is 7.75 Å². The Hall–Kier alpha value is 0.110. The van der Waals surface area contributed by atoms with Crippen molar-refractivity contribution in [3.05, 3.63) is 6.92 Å². The van der Waals surface area contributed by atoms with Crippen LogP contribution in [0.2, 0.25) is 0 Å². The molecule has 0 aliphatic carbocycles. The second kappa shape index (κ2) is 5.72. The van der Waals surface area contributed by atoms with Gasteiger partial charge in [0.25, 0.3) is 0 Å². The quantitative estimate of drug-likeness (QED) is 0.422. The maximum atomic E-state index is 10.2. The summed E-state index contributed by atoms with van der Waals surface area (Å²) in [5.74, 6) is 0. The molecule has 0 spiro atoms. The molecular weight excluding hydrogens is 165 g/mol. The Morgan fingerprint density at radius 3 is 2.36 bits per heavy atom. The predicted octanol–water partition coefficient (Wildman–Crippen LogP) is 1.06. The molecular formula is C6H15NO3P. The molecule has 0 aromatic rings. The van der Waals surface area contributed by atoms with Crippen molar-refractivity contribution in [1.29, 1.82) is 0 Å². The molecule has 0 aliphatic heterocycles. The lowest BCUT2D eigenvalue weighted by Gasteiger charge is -2.04. The minimum Gasteiger partial charge on any atom is -0.313 e. The van der Waals surface area contributed by atoms with Crippen molar-refractivity contribution in [3.8, 4) is 0 Å². The zero-order valence-electron chi connectivity index (χ0n) is 6.49. The summed E-state index contributed by atoms with van der Waals surface area (Å²) in [7, 11) is -3.98. The summed E-state index contributed by atoms with van der Waals surface area (Å²) in [5, 5.41) is 2.13. The first kappa shape index (κ1) is 11.1. The average molecular weight is 180 g/mol. The van der Waals surface area contributed by atoms with Gasteiger partial charge in [-0.1, -0.05) is 26.2 Å². The molecule has 0 aliphatic rings. The Kier molecular flexibility index (Phi) is 5.78. The molecule has 3 N–H and O–H groups in total. The van der Waals surface area contributed by atoms with Crippen LogP contribution in [0.15, 0.2) is 0 Å². The van der Waals surface area contributed by atoms with Crippen molar-refractivity contribution in [2.24, 2.45) is 0 Å². The van der Waals surface area contributed by atoms with Crippen LogP contribution in [-0.2, 0) is 4.57 Å². The normalized spacial score (nSPS) is 11.9. The van der Waals surface area contributed by atoms with Crippen LogP contribution in [0.5, 0.6) is 0 Å². The number of hydrogen-bond acceptors (Lipinski definition) is 1.